The number of ether oxygens (including phenoxy) is 1. The molecule has 2 heterocycles. The van der Waals surface area contributed by atoms with E-state index >= 15 is 0 Å². The summed E-state index contributed by atoms with van der Waals surface area (Å²) in [6.45, 7) is 6.91. The lowest BCUT2D eigenvalue weighted by Gasteiger charge is -2.33. The molecule has 4 rings (SSSR count). The van der Waals surface area contributed by atoms with Crippen molar-refractivity contribution in [2.45, 2.75) is 40.0 Å². The molecule has 0 spiro atoms. The molecule has 0 saturated carbocycles. The first-order valence-electron chi connectivity index (χ1n) is 9.82. The topological polar surface area (TPSA) is 84.3 Å². The van der Waals surface area contributed by atoms with Gasteiger partial charge in [-0.05, 0) is 42.2 Å². The predicted molar refractivity (Wildman–Crippen MR) is 121 cm³/mol. The number of carbonyl (C=O) groups is 1. The van der Waals surface area contributed by atoms with Gasteiger partial charge in [-0.25, -0.2) is 14.8 Å². The van der Waals surface area contributed by atoms with Crippen LogP contribution in [0.5, 0.6) is 5.75 Å². The van der Waals surface area contributed by atoms with Gasteiger partial charge >= 0.3 is 5.97 Å². The van der Waals surface area contributed by atoms with Gasteiger partial charge in [0.05, 0.1) is 23.2 Å². The summed E-state index contributed by atoms with van der Waals surface area (Å²) in [7, 11) is 1.43. The summed E-state index contributed by atoms with van der Waals surface area (Å²) in [5, 5.41) is 14.0. The number of rotatable bonds is 4. The number of nitrogens with one attached hydrogen (secondary N) is 1. The average Bonchev–Trinajstić information content (AvgIpc) is 3.07. The van der Waals surface area contributed by atoms with E-state index in [4.69, 9.17) is 16.3 Å². The predicted octanol–water partition coefficient (Wildman–Crippen LogP) is 5.95. The maximum absolute atomic E-state index is 11.4. The summed E-state index contributed by atoms with van der Waals surface area (Å²) >= 11 is 8.10. The number of hydrogen-bond acceptors (Lipinski definition) is 6. The van der Waals surface area contributed by atoms with Gasteiger partial charge in [0.15, 0.2) is 0 Å². The number of aromatic nitrogens is 2. The quantitative estimate of drug-likeness (QED) is 0.516. The molecule has 3 aromatic rings. The van der Waals surface area contributed by atoms with Gasteiger partial charge in [-0.15, -0.1) is 11.3 Å². The van der Waals surface area contributed by atoms with Crippen LogP contribution in [-0.4, -0.2) is 28.2 Å². The fraction of sp³-hybridized carbons (Fsp3) is 0.409. The standard InChI is InChI=1S/C22H24ClN3O3S/c1-22(2,3)11-5-6-12-17(7-11)30-20-18(12)19(24-10-25-20)26-15-9-16(29-4)13(21(27)28)8-14(15)23/h8-11H,5-7H2,1-4H3,(H,27,28)(H,24,25,26). The van der Waals surface area contributed by atoms with Crippen LogP contribution in [0.25, 0.3) is 10.2 Å². The van der Waals surface area contributed by atoms with Gasteiger partial charge in [0.2, 0.25) is 0 Å². The third kappa shape index (κ3) is 3.72. The molecule has 1 atom stereocenters. The average molecular weight is 446 g/mol. The molecule has 0 fully saturated rings. The van der Waals surface area contributed by atoms with Crippen LogP contribution < -0.4 is 10.1 Å². The van der Waals surface area contributed by atoms with E-state index in [-0.39, 0.29) is 21.8 Å². The lowest BCUT2D eigenvalue weighted by Crippen LogP contribution is -2.26. The third-order valence-electron chi connectivity index (χ3n) is 5.84. The zero-order chi connectivity index (χ0) is 21.6. The first-order valence-corrected chi connectivity index (χ1v) is 11.0. The number of thiophene rings is 1. The van der Waals surface area contributed by atoms with Crippen LogP contribution in [0, 0.1) is 11.3 Å². The van der Waals surface area contributed by atoms with E-state index in [9.17, 15) is 9.90 Å². The molecule has 158 valence electrons. The Hall–Kier alpha value is -2.38. The molecule has 1 aliphatic carbocycles. The fourth-order valence-electron chi connectivity index (χ4n) is 4.06. The highest BCUT2D eigenvalue weighted by atomic mass is 35.5. The number of carboxylic acids is 1. The maximum atomic E-state index is 11.4. The van der Waals surface area contributed by atoms with E-state index in [1.165, 1.54) is 23.6 Å². The second-order valence-corrected chi connectivity index (χ2v) is 10.2. The SMILES string of the molecule is COc1cc(Nc2ncnc3sc4c(c23)CCC(C(C)(C)C)C4)c(Cl)cc1C(=O)O. The van der Waals surface area contributed by atoms with E-state index in [1.54, 1.807) is 23.7 Å². The van der Waals surface area contributed by atoms with E-state index in [2.05, 4.69) is 36.1 Å². The molecular formula is C22H24ClN3O3S. The summed E-state index contributed by atoms with van der Waals surface area (Å²) in [6.07, 6.45) is 4.73. The van der Waals surface area contributed by atoms with E-state index in [1.807, 2.05) is 0 Å². The van der Waals surface area contributed by atoms with E-state index in [0.29, 0.717) is 17.4 Å². The Morgan fingerprint density at radius 1 is 1.33 bits per heavy atom. The molecule has 1 unspecified atom stereocenters. The van der Waals surface area contributed by atoms with Gasteiger partial charge in [0.25, 0.3) is 0 Å². The van der Waals surface area contributed by atoms with Crippen molar-refractivity contribution in [1.29, 1.82) is 0 Å². The molecule has 0 aliphatic heterocycles. The number of aryl methyl sites for hydroxylation is 1. The summed E-state index contributed by atoms with van der Waals surface area (Å²) in [6, 6.07) is 2.98. The van der Waals surface area contributed by atoms with Gasteiger partial charge in [0, 0.05) is 10.9 Å². The maximum Gasteiger partial charge on any atom is 0.339 e. The van der Waals surface area contributed by atoms with Crippen LogP contribution in [0.3, 0.4) is 0 Å². The van der Waals surface area contributed by atoms with E-state index < -0.39 is 5.97 Å². The highest BCUT2D eigenvalue weighted by Crippen LogP contribution is 2.45. The second kappa shape index (κ2) is 7.71. The smallest absolute Gasteiger partial charge is 0.339 e. The molecule has 0 bridgehead atoms. The number of hydrogen-bond donors (Lipinski definition) is 2. The number of anilines is 2. The molecular weight excluding hydrogens is 422 g/mol. The molecule has 1 aliphatic rings. The van der Waals surface area contributed by atoms with Crippen LogP contribution in [-0.2, 0) is 12.8 Å². The largest absolute Gasteiger partial charge is 0.496 e. The van der Waals surface area contributed by atoms with Crippen molar-refractivity contribution in [1.82, 2.24) is 9.97 Å². The minimum atomic E-state index is -1.09. The van der Waals surface area contributed by atoms with Crippen molar-refractivity contribution in [3.8, 4) is 5.75 Å². The molecule has 2 aromatic heterocycles. The van der Waals surface area contributed by atoms with Crippen molar-refractivity contribution >= 4 is 50.6 Å². The number of nitrogens with zero attached hydrogens (tertiary/aromatic N) is 2. The lowest BCUT2D eigenvalue weighted by atomic mass is 9.72. The van der Waals surface area contributed by atoms with Gasteiger partial charge in [-0.2, -0.15) is 0 Å². The minimum absolute atomic E-state index is 0.0158. The monoisotopic (exact) mass is 445 g/mol. The third-order valence-corrected chi connectivity index (χ3v) is 7.32. The van der Waals surface area contributed by atoms with Gasteiger partial charge in [0.1, 0.15) is 28.3 Å². The Bertz CT molecular complexity index is 1140. The number of fused-ring (bicyclic) bond motifs is 3. The zero-order valence-corrected chi connectivity index (χ0v) is 18.9. The summed E-state index contributed by atoms with van der Waals surface area (Å²) in [5.74, 6) is 0.466. The Balaban J connectivity index is 1.75. The van der Waals surface area contributed by atoms with Crippen molar-refractivity contribution in [3.63, 3.8) is 0 Å². The minimum Gasteiger partial charge on any atom is -0.496 e. The second-order valence-electron chi connectivity index (χ2n) is 8.67. The van der Waals surface area contributed by atoms with Crippen molar-refractivity contribution < 1.29 is 14.6 Å². The molecule has 0 radical (unpaired) electrons. The molecule has 0 saturated heterocycles. The molecule has 6 nitrogen and oxygen atoms in total. The molecule has 30 heavy (non-hydrogen) atoms. The molecule has 0 amide bonds. The lowest BCUT2D eigenvalue weighted by molar-refractivity contribution is 0.0693. The Labute approximate surface area is 184 Å². The Morgan fingerprint density at radius 3 is 2.77 bits per heavy atom. The van der Waals surface area contributed by atoms with Crippen molar-refractivity contribution in [2.75, 3.05) is 12.4 Å². The fourth-order valence-corrected chi connectivity index (χ4v) is 5.53. The molecule has 1 aromatic carbocycles. The summed E-state index contributed by atoms with van der Waals surface area (Å²) < 4.78 is 5.24. The molecule has 2 N–H and O–H groups in total. The van der Waals surface area contributed by atoms with Crippen LogP contribution in [0.15, 0.2) is 18.5 Å². The van der Waals surface area contributed by atoms with Crippen molar-refractivity contribution in [2.24, 2.45) is 11.3 Å². The Kier molecular flexibility index (Phi) is 5.36. The van der Waals surface area contributed by atoms with Crippen LogP contribution >= 0.6 is 22.9 Å². The first-order chi connectivity index (χ1) is 14.2. The summed E-state index contributed by atoms with van der Waals surface area (Å²) in [4.78, 5) is 22.7. The number of benzene rings is 1. The highest BCUT2D eigenvalue weighted by Gasteiger charge is 2.31. The van der Waals surface area contributed by atoms with Gasteiger partial charge < -0.3 is 15.2 Å². The number of halogens is 1. The number of methoxy groups -OCH3 is 1. The Morgan fingerprint density at radius 2 is 2.10 bits per heavy atom. The van der Waals surface area contributed by atoms with Crippen LogP contribution in [0.2, 0.25) is 5.02 Å². The van der Waals surface area contributed by atoms with Crippen LogP contribution in [0.1, 0.15) is 48.0 Å². The molecule has 8 heteroatoms. The van der Waals surface area contributed by atoms with E-state index in [0.717, 1.165) is 29.5 Å². The highest BCUT2D eigenvalue weighted by molar-refractivity contribution is 7.19. The number of aromatic carboxylic acids is 1. The normalized spacial score (nSPS) is 16.4. The summed E-state index contributed by atoms with van der Waals surface area (Å²) in [5.41, 5.74) is 2.14. The van der Waals surface area contributed by atoms with Gasteiger partial charge in [-0.1, -0.05) is 32.4 Å². The number of carboxylic acid groups (broad SMARTS) is 1. The van der Waals surface area contributed by atoms with Gasteiger partial charge in [-0.3, -0.25) is 0 Å². The zero-order valence-electron chi connectivity index (χ0n) is 17.4. The van der Waals surface area contributed by atoms with Crippen molar-refractivity contribution in [3.05, 3.63) is 39.5 Å². The van der Waals surface area contributed by atoms with Crippen LogP contribution in [0.4, 0.5) is 11.5 Å². The first kappa shape index (κ1) is 20.9.